The van der Waals surface area contributed by atoms with Crippen molar-refractivity contribution >= 4 is 15.9 Å². The zero-order valence-corrected chi connectivity index (χ0v) is 13.4. The van der Waals surface area contributed by atoms with E-state index in [1.807, 2.05) is 24.3 Å². The highest BCUT2D eigenvalue weighted by Gasteiger charge is 2.12. The molecule has 0 fully saturated rings. The Hall–Kier alpha value is -2.21. The highest BCUT2D eigenvalue weighted by molar-refractivity contribution is 9.10. The van der Waals surface area contributed by atoms with E-state index in [9.17, 15) is 4.39 Å². The molecule has 0 spiro atoms. The number of methoxy groups -OCH3 is 1. The van der Waals surface area contributed by atoms with Crippen molar-refractivity contribution in [2.45, 2.75) is 6.54 Å². The lowest BCUT2D eigenvalue weighted by Gasteiger charge is -2.05. The van der Waals surface area contributed by atoms with Gasteiger partial charge in [-0.05, 0) is 57.9 Å². The van der Waals surface area contributed by atoms with Crippen LogP contribution in [0.2, 0.25) is 0 Å². The summed E-state index contributed by atoms with van der Waals surface area (Å²) in [5.74, 6) is 0.541. The fourth-order valence-corrected chi connectivity index (χ4v) is 2.60. The van der Waals surface area contributed by atoms with Gasteiger partial charge in [0.1, 0.15) is 21.9 Å². The molecule has 0 saturated carbocycles. The Kier molecular flexibility index (Phi) is 4.20. The van der Waals surface area contributed by atoms with Crippen LogP contribution in [0.25, 0.3) is 11.3 Å². The number of hydrogen-bond acceptors (Lipinski definition) is 3. The molecule has 1 heterocycles. The van der Waals surface area contributed by atoms with Crippen LogP contribution in [0.4, 0.5) is 4.39 Å². The van der Waals surface area contributed by atoms with Crippen LogP contribution in [-0.2, 0) is 6.54 Å². The molecule has 22 heavy (non-hydrogen) atoms. The molecule has 1 aromatic heterocycles. The Morgan fingerprint density at radius 1 is 1.09 bits per heavy atom. The summed E-state index contributed by atoms with van der Waals surface area (Å²) < 4.78 is 20.6. The number of ether oxygens (including phenoxy) is 1. The van der Waals surface area contributed by atoms with E-state index in [1.165, 1.54) is 12.1 Å². The predicted octanol–water partition coefficient (Wildman–Crippen LogP) is 3.90. The van der Waals surface area contributed by atoms with Crippen molar-refractivity contribution < 1.29 is 9.13 Å². The Morgan fingerprint density at radius 3 is 2.41 bits per heavy atom. The summed E-state index contributed by atoms with van der Waals surface area (Å²) in [6.07, 6.45) is 0. The lowest BCUT2D eigenvalue weighted by atomic mass is 10.2. The van der Waals surface area contributed by atoms with Gasteiger partial charge in [0, 0.05) is 5.56 Å². The average molecular weight is 362 g/mol. The molecule has 0 atom stereocenters. The quantitative estimate of drug-likeness (QED) is 0.707. The van der Waals surface area contributed by atoms with Crippen LogP contribution in [0.3, 0.4) is 0 Å². The molecule has 0 unspecified atom stereocenters. The van der Waals surface area contributed by atoms with Gasteiger partial charge in [-0.2, -0.15) is 0 Å². The van der Waals surface area contributed by atoms with Gasteiger partial charge in [-0.25, -0.2) is 9.07 Å². The molecule has 0 N–H and O–H groups in total. The van der Waals surface area contributed by atoms with Gasteiger partial charge in [0.15, 0.2) is 0 Å². The van der Waals surface area contributed by atoms with E-state index >= 15 is 0 Å². The summed E-state index contributed by atoms with van der Waals surface area (Å²) >= 11 is 3.51. The second kappa shape index (κ2) is 6.27. The summed E-state index contributed by atoms with van der Waals surface area (Å²) in [5.41, 5.74) is 2.58. The number of nitrogens with zero attached hydrogens (tertiary/aromatic N) is 3. The number of halogens is 2. The van der Waals surface area contributed by atoms with Crippen LogP contribution in [0.15, 0.2) is 53.1 Å². The minimum Gasteiger partial charge on any atom is -0.497 e. The predicted molar refractivity (Wildman–Crippen MR) is 85.2 cm³/mol. The molecule has 0 aliphatic carbocycles. The third-order valence-corrected chi connectivity index (χ3v) is 4.07. The van der Waals surface area contributed by atoms with E-state index < -0.39 is 0 Å². The standard InChI is InChI=1S/C16H13BrFN3O/c1-22-14-8-2-11(3-9-14)10-21-16(17)15(19-20-21)12-4-6-13(18)7-5-12/h2-9H,10H2,1H3. The molecular weight excluding hydrogens is 349 g/mol. The Balaban J connectivity index is 1.85. The maximum absolute atomic E-state index is 13.0. The number of benzene rings is 2. The van der Waals surface area contributed by atoms with Gasteiger partial charge in [0.25, 0.3) is 0 Å². The van der Waals surface area contributed by atoms with E-state index in [4.69, 9.17) is 4.74 Å². The zero-order valence-electron chi connectivity index (χ0n) is 11.8. The van der Waals surface area contributed by atoms with Crippen molar-refractivity contribution in [1.29, 1.82) is 0 Å². The summed E-state index contributed by atoms with van der Waals surface area (Å²) in [6.45, 7) is 0.582. The van der Waals surface area contributed by atoms with Crippen molar-refractivity contribution in [3.05, 3.63) is 64.5 Å². The molecule has 4 nitrogen and oxygen atoms in total. The molecule has 3 rings (SSSR count). The first-order valence-electron chi connectivity index (χ1n) is 6.65. The smallest absolute Gasteiger partial charge is 0.132 e. The molecule has 6 heteroatoms. The van der Waals surface area contributed by atoms with Crippen LogP contribution in [0.1, 0.15) is 5.56 Å². The molecule has 112 valence electrons. The topological polar surface area (TPSA) is 39.9 Å². The minimum absolute atomic E-state index is 0.273. The van der Waals surface area contributed by atoms with Gasteiger partial charge in [-0.15, -0.1) is 5.10 Å². The largest absolute Gasteiger partial charge is 0.497 e. The summed E-state index contributed by atoms with van der Waals surface area (Å²) in [6, 6.07) is 13.9. The molecule has 3 aromatic rings. The molecule has 0 saturated heterocycles. The van der Waals surface area contributed by atoms with Crippen LogP contribution < -0.4 is 4.74 Å². The monoisotopic (exact) mass is 361 g/mol. The highest BCUT2D eigenvalue weighted by Crippen LogP contribution is 2.26. The Bertz CT molecular complexity index is 769. The molecule has 0 bridgehead atoms. The highest BCUT2D eigenvalue weighted by atomic mass is 79.9. The second-order valence-corrected chi connectivity index (χ2v) is 5.49. The molecular formula is C16H13BrFN3O. The van der Waals surface area contributed by atoms with Gasteiger partial charge in [0.05, 0.1) is 13.7 Å². The normalized spacial score (nSPS) is 10.7. The molecule has 0 aliphatic rings. The number of hydrogen-bond donors (Lipinski definition) is 0. The summed E-state index contributed by atoms with van der Waals surface area (Å²) in [4.78, 5) is 0. The summed E-state index contributed by atoms with van der Waals surface area (Å²) in [7, 11) is 1.64. The van der Waals surface area contributed by atoms with Gasteiger partial charge in [-0.3, -0.25) is 0 Å². The second-order valence-electron chi connectivity index (χ2n) is 4.74. The maximum Gasteiger partial charge on any atom is 0.132 e. The number of aromatic nitrogens is 3. The van der Waals surface area contributed by atoms with Gasteiger partial charge < -0.3 is 4.74 Å². The fraction of sp³-hybridized carbons (Fsp3) is 0.125. The van der Waals surface area contributed by atoms with E-state index in [0.717, 1.165) is 21.5 Å². The third-order valence-electron chi connectivity index (χ3n) is 3.28. The van der Waals surface area contributed by atoms with Crippen molar-refractivity contribution in [2.24, 2.45) is 0 Å². The van der Waals surface area contributed by atoms with Gasteiger partial charge in [0.2, 0.25) is 0 Å². The molecule has 0 amide bonds. The van der Waals surface area contributed by atoms with E-state index in [1.54, 1.807) is 23.9 Å². The van der Waals surface area contributed by atoms with Crippen LogP contribution in [0.5, 0.6) is 5.75 Å². The average Bonchev–Trinajstić information content (AvgIpc) is 2.90. The molecule has 0 aliphatic heterocycles. The zero-order chi connectivity index (χ0) is 15.5. The van der Waals surface area contributed by atoms with Crippen LogP contribution in [-0.4, -0.2) is 22.1 Å². The maximum atomic E-state index is 13.0. The van der Waals surface area contributed by atoms with Crippen LogP contribution >= 0.6 is 15.9 Å². The fourth-order valence-electron chi connectivity index (χ4n) is 2.09. The van der Waals surface area contributed by atoms with Crippen molar-refractivity contribution in [1.82, 2.24) is 15.0 Å². The van der Waals surface area contributed by atoms with Crippen molar-refractivity contribution in [3.8, 4) is 17.0 Å². The van der Waals surface area contributed by atoms with Crippen molar-refractivity contribution in [3.63, 3.8) is 0 Å². The molecule has 0 radical (unpaired) electrons. The van der Waals surface area contributed by atoms with Gasteiger partial charge >= 0.3 is 0 Å². The number of rotatable bonds is 4. The first-order chi connectivity index (χ1) is 10.7. The van der Waals surface area contributed by atoms with E-state index in [0.29, 0.717) is 12.2 Å². The van der Waals surface area contributed by atoms with Crippen LogP contribution in [0, 0.1) is 5.82 Å². The minimum atomic E-state index is -0.273. The van der Waals surface area contributed by atoms with Crippen molar-refractivity contribution in [2.75, 3.05) is 7.11 Å². The Labute approximate surface area is 135 Å². The van der Waals surface area contributed by atoms with E-state index in [-0.39, 0.29) is 5.82 Å². The first-order valence-corrected chi connectivity index (χ1v) is 7.44. The van der Waals surface area contributed by atoms with Gasteiger partial charge in [-0.1, -0.05) is 17.3 Å². The molecule has 2 aromatic carbocycles. The summed E-state index contributed by atoms with van der Waals surface area (Å²) in [5, 5.41) is 8.31. The SMILES string of the molecule is COc1ccc(Cn2nnc(-c3ccc(F)cc3)c2Br)cc1. The lowest BCUT2D eigenvalue weighted by Crippen LogP contribution is -2.02. The third kappa shape index (κ3) is 3.01. The Morgan fingerprint density at radius 2 is 1.77 bits per heavy atom. The lowest BCUT2D eigenvalue weighted by molar-refractivity contribution is 0.414. The van der Waals surface area contributed by atoms with E-state index in [2.05, 4.69) is 26.2 Å². The first kappa shape index (κ1) is 14.7.